The molecular formula is C18H35N3O3. The van der Waals surface area contributed by atoms with Crippen LogP contribution in [0.3, 0.4) is 0 Å². The highest BCUT2D eigenvalue weighted by molar-refractivity contribution is 5.78. The molecule has 1 rings (SSSR count). The summed E-state index contributed by atoms with van der Waals surface area (Å²) in [5.74, 6) is 0.592. The highest BCUT2D eigenvalue weighted by Crippen LogP contribution is 2.24. The molecule has 0 aromatic carbocycles. The van der Waals surface area contributed by atoms with Crippen LogP contribution in [0.2, 0.25) is 0 Å². The van der Waals surface area contributed by atoms with Gasteiger partial charge in [0.2, 0.25) is 5.91 Å². The maximum atomic E-state index is 12.3. The minimum absolute atomic E-state index is 0.0972. The van der Waals surface area contributed by atoms with Gasteiger partial charge in [0, 0.05) is 26.2 Å². The molecule has 1 heterocycles. The molecule has 1 N–H and O–H groups in total. The van der Waals surface area contributed by atoms with Gasteiger partial charge in [-0.2, -0.15) is 0 Å². The fourth-order valence-electron chi connectivity index (χ4n) is 2.28. The molecule has 0 radical (unpaired) electrons. The summed E-state index contributed by atoms with van der Waals surface area (Å²) >= 11 is 0. The quantitative estimate of drug-likeness (QED) is 0.852. The largest absolute Gasteiger partial charge is 0.444 e. The van der Waals surface area contributed by atoms with Gasteiger partial charge in [-0.15, -0.1) is 0 Å². The van der Waals surface area contributed by atoms with Gasteiger partial charge < -0.3 is 19.9 Å². The summed E-state index contributed by atoms with van der Waals surface area (Å²) < 4.78 is 5.37. The van der Waals surface area contributed by atoms with Gasteiger partial charge in [-0.3, -0.25) is 4.79 Å². The van der Waals surface area contributed by atoms with Crippen LogP contribution in [-0.4, -0.2) is 66.7 Å². The lowest BCUT2D eigenvalue weighted by molar-refractivity contribution is -0.132. The van der Waals surface area contributed by atoms with Crippen molar-refractivity contribution in [3.05, 3.63) is 0 Å². The van der Waals surface area contributed by atoms with Crippen molar-refractivity contribution in [2.75, 3.05) is 39.3 Å². The van der Waals surface area contributed by atoms with E-state index in [1.807, 2.05) is 25.7 Å². The molecule has 0 bridgehead atoms. The van der Waals surface area contributed by atoms with Crippen molar-refractivity contribution in [3.8, 4) is 0 Å². The molecule has 0 aliphatic carbocycles. The number of carbonyl (C=O) groups is 2. The third-order valence-electron chi connectivity index (χ3n) is 4.49. The smallest absolute Gasteiger partial charge is 0.410 e. The summed E-state index contributed by atoms with van der Waals surface area (Å²) in [5, 5.41) is 3.26. The van der Waals surface area contributed by atoms with Crippen LogP contribution >= 0.6 is 0 Å². The van der Waals surface area contributed by atoms with Crippen molar-refractivity contribution in [2.24, 2.45) is 11.3 Å². The Labute approximate surface area is 146 Å². The number of hydrogen-bond donors (Lipinski definition) is 1. The number of hydrogen-bond acceptors (Lipinski definition) is 4. The van der Waals surface area contributed by atoms with Crippen molar-refractivity contribution in [2.45, 2.75) is 54.1 Å². The van der Waals surface area contributed by atoms with Gasteiger partial charge in [-0.1, -0.05) is 27.7 Å². The van der Waals surface area contributed by atoms with E-state index in [2.05, 4.69) is 33.0 Å². The van der Waals surface area contributed by atoms with Crippen molar-refractivity contribution in [1.82, 2.24) is 15.1 Å². The molecule has 0 saturated carbocycles. The Hall–Kier alpha value is -1.30. The van der Waals surface area contributed by atoms with E-state index in [4.69, 9.17) is 4.74 Å². The summed E-state index contributed by atoms with van der Waals surface area (Å²) in [5.41, 5.74) is -0.257. The molecular weight excluding hydrogens is 306 g/mol. The molecule has 140 valence electrons. The van der Waals surface area contributed by atoms with Gasteiger partial charge in [0.1, 0.15) is 5.60 Å². The van der Waals surface area contributed by atoms with Crippen molar-refractivity contribution in [3.63, 3.8) is 0 Å². The third-order valence-corrected chi connectivity index (χ3v) is 4.49. The Kier molecular flexibility index (Phi) is 7.08. The Balaban J connectivity index is 2.32. The maximum Gasteiger partial charge on any atom is 0.410 e. The lowest BCUT2D eigenvalue weighted by Gasteiger charge is -2.35. The SMILES string of the molecule is CC(CNCC(=O)N1CCN(C(=O)OC(C)(C)C)CC1)C(C)(C)C. The molecule has 0 aromatic rings. The van der Waals surface area contributed by atoms with Gasteiger partial charge in [-0.05, 0) is 38.6 Å². The first-order valence-corrected chi connectivity index (χ1v) is 8.86. The van der Waals surface area contributed by atoms with E-state index in [1.165, 1.54) is 0 Å². The summed E-state index contributed by atoms with van der Waals surface area (Å²) in [6, 6.07) is 0. The van der Waals surface area contributed by atoms with E-state index in [0.717, 1.165) is 6.54 Å². The lowest BCUT2D eigenvalue weighted by atomic mass is 9.82. The average Bonchev–Trinajstić information content (AvgIpc) is 2.44. The van der Waals surface area contributed by atoms with Crippen LogP contribution < -0.4 is 5.32 Å². The molecule has 6 nitrogen and oxygen atoms in total. The van der Waals surface area contributed by atoms with Crippen molar-refractivity contribution in [1.29, 1.82) is 0 Å². The normalized spacial score (nSPS) is 17.6. The highest BCUT2D eigenvalue weighted by Gasteiger charge is 2.27. The summed E-state index contributed by atoms with van der Waals surface area (Å²) in [6.07, 6.45) is -0.299. The number of nitrogens with one attached hydrogen (secondary N) is 1. The number of piperazine rings is 1. The number of amides is 2. The van der Waals surface area contributed by atoms with Crippen molar-refractivity contribution >= 4 is 12.0 Å². The molecule has 2 amide bonds. The Morgan fingerprint density at radius 2 is 1.50 bits per heavy atom. The minimum Gasteiger partial charge on any atom is -0.444 e. The molecule has 1 fully saturated rings. The van der Waals surface area contributed by atoms with Crippen LogP contribution in [-0.2, 0) is 9.53 Å². The zero-order chi connectivity index (χ0) is 18.5. The first-order chi connectivity index (χ1) is 10.9. The van der Waals surface area contributed by atoms with E-state index in [1.54, 1.807) is 4.90 Å². The topological polar surface area (TPSA) is 61.9 Å². The number of carbonyl (C=O) groups excluding carboxylic acids is 2. The van der Waals surface area contributed by atoms with Crippen LogP contribution in [0.5, 0.6) is 0 Å². The number of nitrogens with zero attached hydrogens (tertiary/aromatic N) is 2. The van der Waals surface area contributed by atoms with E-state index < -0.39 is 5.60 Å². The minimum atomic E-state index is -0.488. The molecule has 1 saturated heterocycles. The van der Waals surface area contributed by atoms with E-state index in [-0.39, 0.29) is 17.4 Å². The lowest BCUT2D eigenvalue weighted by Crippen LogP contribution is -2.53. The van der Waals surface area contributed by atoms with Crippen molar-refractivity contribution < 1.29 is 14.3 Å². The predicted molar refractivity (Wildman–Crippen MR) is 95.9 cm³/mol. The van der Waals surface area contributed by atoms with Gasteiger partial charge >= 0.3 is 6.09 Å². The zero-order valence-corrected chi connectivity index (χ0v) is 16.4. The first-order valence-electron chi connectivity index (χ1n) is 8.86. The third kappa shape index (κ3) is 7.07. The van der Waals surface area contributed by atoms with Crippen LogP contribution in [0.1, 0.15) is 48.5 Å². The predicted octanol–water partition coefficient (Wildman–Crippen LogP) is 2.34. The molecule has 0 spiro atoms. The Morgan fingerprint density at radius 1 is 1.00 bits per heavy atom. The average molecular weight is 341 g/mol. The molecule has 1 unspecified atom stereocenters. The monoisotopic (exact) mass is 341 g/mol. The molecule has 1 atom stereocenters. The molecule has 6 heteroatoms. The molecule has 0 aromatic heterocycles. The zero-order valence-electron chi connectivity index (χ0n) is 16.4. The van der Waals surface area contributed by atoms with E-state index >= 15 is 0 Å². The van der Waals surface area contributed by atoms with Gasteiger partial charge in [0.25, 0.3) is 0 Å². The Bertz CT molecular complexity index is 430. The van der Waals surface area contributed by atoms with Crippen LogP contribution in [0, 0.1) is 11.3 Å². The fourth-order valence-corrected chi connectivity index (χ4v) is 2.28. The van der Waals surface area contributed by atoms with Crippen LogP contribution in [0.4, 0.5) is 4.79 Å². The van der Waals surface area contributed by atoms with Gasteiger partial charge in [0.15, 0.2) is 0 Å². The fraction of sp³-hybridized carbons (Fsp3) is 0.889. The molecule has 24 heavy (non-hydrogen) atoms. The second-order valence-corrected chi connectivity index (χ2v) is 8.75. The molecule has 1 aliphatic rings. The summed E-state index contributed by atoms with van der Waals surface area (Å²) in [7, 11) is 0. The Morgan fingerprint density at radius 3 is 1.96 bits per heavy atom. The van der Waals surface area contributed by atoms with Crippen LogP contribution in [0.25, 0.3) is 0 Å². The summed E-state index contributed by atoms with van der Waals surface area (Å²) in [4.78, 5) is 27.8. The van der Waals surface area contributed by atoms with Gasteiger partial charge in [-0.25, -0.2) is 4.79 Å². The first kappa shape index (κ1) is 20.7. The maximum absolute atomic E-state index is 12.3. The summed E-state index contributed by atoms with van der Waals surface area (Å²) in [6.45, 7) is 17.7. The highest BCUT2D eigenvalue weighted by atomic mass is 16.6. The van der Waals surface area contributed by atoms with E-state index in [9.17, 15) is 9.59 Å². The number of ether oxygens (including phenoxy) is 1. The number of rotatable bonds is 4. The van der Waals surface area contributed by atoms with Crippen LogP contribution in [0.15, 0.2) is 0 Å². The second kappa shape index (κ2) is 8.19. The van der Waals surface area contributed by atoms with E-state index in [0.29, 0.717) is 38.6 Å². The van der Waals surface area contributed by atoms with Gasteiger partial charge in [0.05, 0.1) is 6.54 Å². The second-order valence-electron chi connectivity index (χ2n) is 8.75. The standard InChI is InChI=1S/C18H35N3O3/c1-14(17(2,3)4)12-19-13-15(22)20-8-10-21(11-9-20)16(23)24-18(5,6)7/h14,19H,8-13H2,1-7H3. The molecule has 1 aliphatic heterocycles.